The molecule has 0 bridgehead atoms. The van der Waals surface area contributed by atoms with E-state index in [9.17, 15) is 9.59 Å². The van der Waals surface area contributed by atoms with Crippen molar-refractivity contribution in [1.82, 2.24) is 15.2 Å². The summed E-state index contributed by atoms with van der Waals surface area (Å²) in [5.41, 5.74) is 0.228. The molecule has 2 saturated heterocycles. The highest BCUT2D eigenvalue weighted by Crippen LogP contribution is 2.36. The van der Waals surface area contributed by atoms with Crippen molar-refractivity contribution in [1.29, 1.82) is 0 Å². The van der Waals surface area contributed by atoms with E-state index < -0.39 is 0 Å². The predicted octanol–water partition coefficient (Wildman–Crippen LogP) is 1.62. The van der Waals surface area contributed by atoms with Gasteiger partial charge in [0.2, 0.25) is 5.91 Å². The molecule has 1 aromatic rings. The fraction of sp³-hybridized carbons (Fsp3) is 0.611. The second kappa shape index (κ2) is 6.89. The fourth-order valence-electron chi connectivity index (χ4n) is 3.54. The van der Waals surface area contributed by atoms with Crippen LogP contribution < -0.4 is 5.32 Å². The molecule has 130 valence electrons. The molecule has 0 saturated carbocycles. The predicted molar refractivity (Wildman–Crippen MR) is 89.4 cm³/mol. The number of carbonyl (C=O) groups excluding carboxylic acids is 2. The normalized spacial score (nSPS) is 22.8. The first-order valence-electron chi connectivity index (χ1n) is 8.64. The van der Waals surface area contributed by atoms with Gasteiger partial charge < -0.3 is 15.0 Å². The third kappa shape index (κ3) is 3.59. The van der Waals surface area contributed by atoms with Crippen molar-refractivity contribution >= 4 is 11.8 Å². The summed E-state index contributed by atoms with van der Waals surface area (Å²) in [6, 6.07) is 5.30. The Hall–Kier alpha value is -1.95. The molecule has 0 unspecified atom stereocenters. The van der Waals surface area contributed by atoms with Crippen LogP contribution in [0.25, 0.3) is 0 Å². The van der Waals surface area contributed by atoms with Crippen molar-refractivity contribution in [2.24, 2.45) is 5.92 Å². The van der Waals surface area contributed by atoms with Crippen LogP contribution in [0.2, 0.25) is 0 Å². The molecule has 0 aromatic carbocycles. The highest BCUT2D eigenvalue weighted by Gasteiger charge is 2.44. The van der Waals surface area contributed by atoms with Gasteiger partial charge in [-0.1, -0.05) is 19.9 Å². The van der Waals surface area contributed by atoms with Gasteiger partial charge in [0.05, 0.1) is 18.2 Å². The maximum absolute atomic E-state index is 12.2. The number of nitrogens with zero attached hydrogens (tertiary/aromatic N) is 2. The number of ether oxygens (including phenoxy) is 1. The lowest BCUT2D eigenvalue weighted by atomic mass is 9.87. The van der Waals surface area contributed by atoms with Gasteiger partial charge in [0, 0.05) is 25.2 Å². The van der Waals surface area contributed by atoms with Gasteiger partial charge in [0.15, 0.2) is 0 Å². The van der Waals surface area contributed by atoms with Gasteiger partial charge in [0.1, 0.15) is 5.69 Å². The van der Waals surface area contributed by atoms with E-state index in [1.54, 1.807) is 24.4 Å². The molecule has 3 heterocycles. The van der Waals surface area contributed by atoms with Crippen LogP contribution in [0, 0.1) is 5.92 Å². The number of carbonyl (C=O) groups is 2. The van der Waals surface area contributed by atoms with Crippen LogP contribution in [0.3, 0.4) is 0 Å². The average molecular weight is 331 g/mol. The van der Waals surface area contributed by atoms with Crippen LogP contribution in [0.5, 0.6) is 0 Å². The van der Waals surface area contributed by atoms with Gasteiger partial charge >= 0.3 is 0 Å². The Kier molecular flexibility index (Phi) is 4.85. The first kappa shape index (κ1) is 16.9. The molecule has 3 rings (SSSR count). The summed E-state index contributed by atoms with van der Waals surface area (Å²) in [6.07, 6.45) is 4.08. The van der Waals surface area contributed by atoms with Crippen molar-refractivity contribution in [3.8, 4) is 0 Å². The Labute approximate surface area is 142 Å². The van der Waals surface area contributed by atoms with E-state index in [-0.39, 0.29) is 29.4 Å². The van der Waals surface area contributed by atoms with E-state index >= 15 is 0 Å². The monoisotopic (exact) mass is 331 g/mol. The first-order valence-corrected chi connectivity index (χ1v) is 8.64. The lowest BCUT2D eigenvalue weighted by Gasteiger charge is -2.39. The summed E-state index contributed by atoms with van der Waals surface area (Å²) in [5, 5.41) is 3.01. The molecule has 1 atom stereocenters. The second-order valence-electron chi connectivity index (χ2n) is 7.06. The minimum Gasteiger partial charge on any atom is -0.373 e. The molecule has 24 heavy (non-hydrogen) atoms. The lowest BCUT2D eigenvalue weighted by molar-refractivity contribution is -0.139. The van der Waals surface area contributed by atoms with Crippen molar-refractivity contribution in [2.75, 3.05) is 19.7 Å². The molecule has 0 aliphatic carbocycles. The van der Waals surface area contributed by atoms with Crippen LogP contribution >= 0.6 is 0 Å². The van der Waals surface area contributed by atoms with E-state index in [0.29, 0.717) is 12.3 Å². The average Bonchev–Trinajstić information content (AvgIpc) is 2.98. The van der Waals surface area contributed by atoms with E-state index in [2.05, 4.69) is 10.3 Å². The number of nitrogens with one attached hydrogen (secondary N) is 1. The molecule has 2 fully saturated rings. The quantitative estimate of drug-likeness (QED) is 0.913. The zero-order chi connectivity index (χ0) is 17.2. The molecule has 1 spiro atoms. The van der Waals surface area contributed by atoms with Crippen LogP contribution in [0.15, 0.2) is 24.4 Å². The van der Waals surface area contributed by atoms with Crippen LogP contribution in [-0.2, 0) is 9.53 Å². The third-order valence-corrected chi connectivity index (χ3v) is 4.92. The van der Waals surface area contributed by atoms with Gasteiger partial charge in [-0.15, -0.1) is 0 Å². The Morgan fingerprint density at radius 3 is 2.71 bits per heavy atom. The molecule has 2 aliphatic rings. The first-order chi connectivity index (χ1) is 11.5. The molecule has 6 heteroatoms. The maximum atomic E-state index is 12.2. The Balaban J connectivity index is 1.53. The third-order valence-electron chi connectivity index (χ3n) is 4.92. The van der Waals surface area contributed by atoms with Gasteiger partial charge in [-0.25, -0.2) is 0 Å². The standard InChI is InChI=1S/C18H25N3O3/c1-13(2)17(23)21-9-6-18(7-10-21)11-14(12-24-18)20-16(22)15-5-3-4-8-19-15/h3-5,8,13-14H,6-7,9-12H2,1-2H3,(H,20,22)/t14-/m0/s1. The van der Waals surface area contributed by atoms with Crippen LogP contribution in [0.1, 0.15) is 43.6 Å². The largest absolute Gasteiger partial charge is 0.373 e. The number of aromatic nitrogens is 1. The molecule has 2 amide bonds. The maximum Gasteiger partial charge on any atom is 0.270 e. The highest BCUT2D eigenvalue weighted by molar-refractivity contribution is 5.92. The topological polar surface area (TPSA) is 71.5 Å². The summed E-state index contributed by atoms with van der Waals surface area (Å²) in [5.74, 6) is 0.0884. The number of hydrogen-bond donors (Lipinski definition) is 1. The SMILES string of the molecule is CC(C)C(=O)N1CCC2(CC1)C[C@H](NC(=O)c1ccccn1)CO2. The molecular weight excluding hydrogens is 306 g/mol. The summed E-state index contributed by atoms with van der Waals surface area (Å²) < 4.78 is 6.05. The van der Waals surface area contributed by atoms with Crippen molar-refractivity contribution < 1.29 is 14.3 Å². The van der Waals surface area contributed by atoms with Crippen molar-refractivity contribution in [2.45, 2.75) is 44.8 Å². The number of rotatable bonds is 3. The minimum atomic E-state index is -0.199. The molecule has 0 radical (unpaired) electrons. The zero-order valence-corrected chi connectivity index (χ0v) is 14.3. The van der Waals surface area contributed by atoms with Gasteiger partial charge in [-0.3, -0.25) is 14.6 Å². The Bertz CT molecular complexity index is 595. The fourth-order valence-corrected chi connectivity index (χ4v) is 3.54. The number of likely N-dealkylation sites (tertiary alicyclic amines) is 1. The smallest absolute Gasteiger partial charge is 0.270 e. The number of amides is 2. The summed E-state index contributed by atoms with van der Waals surface area (Å²) in [6.45, 7) is 5.86. The Morgan fingerprint density at radius 1 is 1.33 bits per heavy atom. The number of pyridine rings is 1. The molecule has 1 N–H and O–H groups in total. The lowest BCUT2D eigenvalue weighted by Crippen LogP contribution is -2.48. The molecule has 2 aliphatic heterocycles. The van der Waals surface area contributed by atoms with Crippen molar-refractivity contribution in [3.63, 3.8) is 0 Å². The van der Waals surface area contributed by atoms with Crippen LogP contribution in [0.4, 0.5) is 0 Å². The summed E-state index contributed by atoms with van der Waals surface area (Å²) in [4.78, 5) is 30.3. The van der Waals surface area contributed by atoms with E-state index in [0.717, 1.165) is 32.4 Å². The summed E-state index contributed by atoms with van der Waals surface area (Å²) >= 11 is 0. The minimum absolute atomic E-state index is 0.00635. The molecular formula is C18H25N3O3. The van der Waals surface area contributed by atoms with E-state index in [1.165, 1.54) is 0 Å². The number of piperidine rings is 1. The second-order valence-corrected chi connectivity index (χ2v) is 7.06. The summed E-state index contributed by atoms with van der Waals surface area (Å²) in [7, 11) is 0. The van der Waals surface area contributed by atoms with Gasteiger partial charge in [0.25, 0.3) is 5.91 Å². The zero-order valence-electron chi connectivity index (χ0n) is 14.3. The van der Waals surface area contributed by atoms with E-state index in [1.807, 2.05) is 18.7 Å². The number of hydrogen-bond acceptors (Lipinski definition) is 4. The Morgan fingerprint density at radius 2 is 2.08 bits per heavy atom. The van der Waals surface area contributed by atoms with Gasteiger partial charge in [-0.2, -0.15) is 0 Å². The highest BCUT2D eigenvalue weighted by atomic mass is 16.5. The van der Waals surface area contributed by atoms with Crippen LogP contribution in [-0.4, -0.2) is 53.0 Å². The molecule has 1 aromatic heterocycles. The van der Waals surface area contributed by atoms with Gasteiger partial charge in [-0.05, 0) is 31.4 Å². The molecule has 6 nitrogen and oxygen atoms in total. The van der Waals surface area contributed by atoms with E-state index in [4.69, 9.17) is 4.74 Å². The van der Waals surface area contributed by atoms with Crippen molar-refractivity contribution in [3.05, 3.63) is 30.1 Å².